The number of amides is 5. The zero-order valence-corrected chi connectivity index (χ0v) is 27.9. The number of nitrogens with one attached hydrogen (secondary N) is 5. The van der Waals surface area contributed by atoms with Gasteiger partial charge in [0, 0.05) is 19.4 Å². The highest BCUT2D eigenvalue weighted by molar-refractivity contribution is 6.01. The van der Waals surface area contributed by atoms with Crippen LogP contribution in [0, 0.1) is 11.8 Å². The molecule has 0 saturated carbocycles. The molecule has 8 N–H and O–H groups in total. The van der Waals surface area contributed by atoms with Crippen molar-refractivity contribution < 1.29 is 29.1 Å². The number of carbonyl (C=O) groups excluding carboxylic acids is 5. The SMILES string of the molecule is CC(C)C[C@@H]1C(=O)NCC[C@H](NC(=O)[C@H](N)Cc2ccc(O)cc2)C(=O)N[C@H](Cc2ccccc2)C(=O)N[C@H](Cc2ccccc2)NC1=O. The van der Waals surface area contributed by atoms with Crippen molar-refractivity contribution in [3.05, 3.63) is 102 Å². The van der Waals surface area contributed by atoms with Gasteiger partial charge in [0.25, 0.3) is 0 Å². The first kappa shape index (κ1) is 36.6. The third-order valence-corrected chi connectivity index (χ3v) is 8.27. The van der Waals surface area contributed by atoms with E-state index in [-0.39, 0.29) is 50.3 Å². The first-order valence-electron chi connectivity index (χ1n) is 16.6. The summed E-state index contributed by atoms with van der Waals surface area (Å²) in [6.07, 6.45) is -0.146. The van der Waals surface area contributed by atoms with E-state index in [4.69, 9.17) is 5.73 Å². The van der Waals surface area contributed by atoms with Crippen molar-refractivity contribution in [2.24, 2.45) is 17.6 Å². The molecule has 0 aromatic heterocycles. The minimum absolute atomic E-state index is 0.00526. The molecule has 0 unspecified atom stereocenters. The smallest absolute Gasteiger partial charge is 0.244 e. The predicted molar refractivity (Wildman–Crippen MR) is 185 cm³/mol. The maximum atomic E-state index is 13.9. The fourth-order valence-electron chi connectivity index (χ4n) is 5.66. The molecule has 0 spiro atoms. The molecule has 0 bridgehead atoms. The van der Waals surface area contributed by atoms with Gasteiger partial charge in [-0.25, -0.2) is 0 Å². The van der Waals surface area contributed by atoms with Crippen molar-refractivity contribution in [2.45, 2.75) is 70.2 Å². The highest BCUT2D eigenvalue weighted by atomic mass is 16.3. The Hall–Kier alpha value is -5.23. The fraction of sp³-hybridized carbons (Fsp3) is 0.378. The summed E-state index contributed by atoms with van der Waals surface area (Å²) >= 11 is 0. The summed E-state index contributed by atoms with van der Waals surface area (Å²) in [5.74, 6) is -3.81. The van der Waals surface area contributed by atoms with Crippen molar-refractivity contribution in [3.63, 3.8) is 0 Å². The van der Waals surface area contributed by atoms with Crippen LogP contribution in [0.15, 0.2) is 84.9 Å². The Kier molecular flexibility index (Phi) is 13.3. The number of rotatable bonds is 10. The fourth-order valence-corrected chi connectivity index (χ4v) is 5.66. The Morgan fingerprint density at radius 3 is 1.98 bits per heavy atom. The minimum Gasteiger partial charge on any atom is -0.508 e. The van der Waals surface area contributed by atoms with E-state index in [1.807, 2.05) is 74.5 Å². The monoisotopic (exact) mass is 670 g/mol. The molecule has 260 valence electrons. The van der Waals surface area contributed by atoms with Gasteiger partial charge in [0.15, 0.2) is 0 Å². The molecule has 3 aromatic rings. The second-order valence-corrected chi connectivity index (χ2v) is 12.8. The number of hydrogen-bond donors (Lipinski definition) is 7. The summed E-state index contributed by atoms with van der Waals surface area (Å²) in [6, 6.07) is 21.5. The molecule has 1 fully saturated rings. The van der Waals surface area contributed by atoms with E-state index in [0.29, 0.717) is 5.56 Å². The zero-order chi connectivity index (χ0) is 35.3. The van der Waals surface area contributed by atoms with Crippen molar-refractivity contribution in [2.75, 3.05) is 6.54 Å². The first-order chi connectivity index (χ1) is 23.5. The molecule has 1 saturated heterocycles. The van der Waals surface area contributed by atoms with Crippen molar-refractivity contribution in [3.8, 4) is 5.75 Å². The Morgan fingerprint density at radius 2 is 1.37 bits per heavy atom. The topological polar surface area (TPSA) is 192 Å². The molecule has 1 aliphatic heterocycles. The molecule has 12 nitrogen and oxygen atoms in total. The van der Waals surface area contributed by atoms with E-state index in [9.17, 15) is 29.1 Å². The summed E-state index contributed by atoms with van der Waals surface area (Å²) < 4.78 is 0. The number of aromatic hydroxyl groups is 1. The van der Waals surface area contributed by atoms with Crippen molar-refractivity contribution >= 4 is 29.5 Å². The number of nitrogens with two attached hydrogens (primary N) is 1. The van der Waals surface area contributed by atoms with E-state index in [1.54, 1.807) is 12.1 Å². The molecule has 1 aliphatic rings. The number of benzene rings is 3. The van der Waals surface area contributed by atoms with Gasteiger partial charge in [0.05, 0.1) is 6.04 Å². The third kappa shape index (κ3) is 11.5. The van der Waals surface area contributed by atoms with Crippen LogP contribution in [-0.4, -0.2) is 65.5 Å². The number of hydrogen-bond acceptors (Lipinski definition) is 7. The second kappa shape index (κ2) is 17.8. The lowest BCUT2D eigenvalue weighted by molar-refractivity contribution is -0.137. The lowest BCUT2D eigenvalue weighted by atomic mass is 9.94. The quantitative estimate of drug-likeness (QED) is 0.159. The van der Waals surface area contributed by atoms with Crippen LogP contribution in [0.4, 0.5) is 0 Å². The molecule has 12 heteroatoms. The predicted octanol–water partition coefficient (Wildman–Crippen LogP) is 1.46. The van der Waals surface area contributed by atoms with Crippen LogP contribution in [0.3, 0.4) is 0 Å². The van der Waals surface area contributed by atoms with Gasteiger partial charge in [-0.3, -0.25) is 24.0 Å². The molecular formula is C37H46N6O6. The average Bonchev–Trinajstić information content (AvgIpc) is 3.07. The lowest BCUT2D eigenvalue weighted by Gasteiger charge is -2.29. The normalized spacial score (nSPS) is 21.4. The van der Waals surface area contributed by atoms with Crippen LogP contribution in [0.5, 0.6) is 5.75 Å². The largest absolute Gasteiger partial charge is 0.508 e. The van der Waals surface area contributed by atoms with E-state index >= 15 is 0 Å². The molecule has 1 heterocycles. The summed E-state index contributed by atoms with van der Waals surface area (Å²) in [6.45, 7) is 3.77. The van der Waals surface area contributed by atoms with Gasteiger partial charge in [-0.1, -0.05) is 86.6 Å². The molecule has 5 amide bonds. The lowest BCUT2D eigenvalue weighted by Crippen LogP contribution is -2.60. The van der Waals surface area contributed by atoms with Gasteiger partial charge in [0.2, 0.25) is 29.5 Å². The molecular weight excluding hydrogens is 624 g/mol. The Labute approximate surface area is 286 Å². The maximum absolute atomic E-state index is 13.9. The van der Waals surface area contributed by atoms with E-state index in [1.165, 1.54) is 12.1 Å². The summed E-state index contributed by atoms with van der Waals surface area (Å²) in [5, 5.41) is 23.6. The second-order valence-electron chi connectivity index (χ2n) is 12.8. The standard InChI is InChI=1S/C37H46N6O6/c1-23(2)19-28-33(45)39-18-17-30(40-35(47)29(38)20-26-13-15-27(44)16-14-26)36(48)41-31(21-24-9-5-3-6-10-24)37(49)43-32(42-34(28)46)22-25-11-7-4-8-12-25/h3-16,23,28-32,44H,17-22,38H2,1-2H3,(H,39,45)(H,40,47)(H,41,48)(H,42,46)(H,43,49)/t28-,29-,30+,31-,32-/m1/s1. The number of carbonyl (C=O) groups is 5. The maximum Gasteiger partial charge on any atom is 0.244 e. The van der Waals surface area contributed by atoms with Crippen LogP contribution in [0.1, 0.15) is 43.4 Å². The minimum atomic E-state index is -1.16. The van der Waals surface area contributed by atoms with Gasteiger partial charge in [0.1, 0.15) is 29.9 Å². The molecule has 0 radical (unpaired) electrons. The number of phenolic OH excluding ortho intramolecular Hbond substituents is 1. The van der Waals surface area contributed by atoms with E-state index < -0.39 is 59.7 Å². The van der Waals surface area contributed by atoms with Crippen LogP contribution in [0.25, 0.3) is 0 Å². The van der Waals surface area contributed by atoms with Crippen LogP contribution < -0.4 is 32.3 Å². The summed E-state index contributed by atoms with van der Waals surface area (Å²) in [4.78, 5) is 68.1. The molecule has 4 rings (SSSR count). The zero-order valence-electron chi connectivity index (χ0n) is 27.9. The van der Waals surface area contributed by atoms with Crippen LogP contribution in [-0.2, 0) is 43.2 Å². The average molecular weight is 671 g/mol. The van der Waals surface area contributed by atoms with Gasteiger partial charge in [-0.15, -0.1) is 0 Å². The van der Waals surface area contributed by atoms with Gasteiger partial charge in [-0.2, -0.15) is 0 Å². The van der Waals surface area contributed by atoms with Crippen LogP contribution >= 0.6 is 0 Å². The molecule has 49 heavy (non-hydrogen) atoms. The van der Waals surface area contributed by atoms with Crippen molar-refractivity contribution in [1.29, 1.82) is 0 Å². The number of phenols is 1. The molecule has 5 atom stereocenters. The van der Waals surface area contributed by atoms with Crippen LogP contribution in [0.2, 0.25) is 0 Å². The highest BCUT2D eigenvalue weighted by Gasteiger charge is 2.33. The molecule has 3 aromatic carbocycles. The highest BCUT2D eigenvalue weighted by Crippen LogP contribution is 2.15. The van der Waals surface area contributed by atoms with E-state index in [0.717, 1.165) is 11.1 Å². The Balaban J connectivity index is 1.63. The first-order valence-corrected chi connectivity index (χ1v) is 16.6. The third-order valence-electron chi connectivity index (χ3n) is 8.27. The summed E-state index contributed by atoms with van der Waals surface area (Å²) in [7, 11) is 0. The van der Waals surface area contributed by atoms with Gasteiger partial charge < -0.3 is 37.4 Å². The van der Waals surface area contributed by atoms with Gasteiger partial charge >= 0.3 is 0 Å². The summed E-state index contributed by atoms with van der Waals surface area (Å²) in [5.41, 5.74) is 8.54. The van der Waals surface area contributed by atoms with Gasteiger partial charge in [-0.05, 0) is 54.0 Å². The Bertz CT molecular complexity index is 1570. The Morgan fingerprint density at radius 1 is 0.776 bits per heavy atom. The van der Waals surface area contributed by atoms with Crippen molar-refractivity contribution in [1.82, 2.24) is 26.6 Å². The van der Waals surface area contributed by atoms with E-state index in [2.05, 4.69) is 26.6 Å². The molecule has 0 aliphatic carbocycles.